The van der Waals surface area contributed by atoms with Crippen LogP contribution in [0.4, 0.5) is 5.69 Å². The molecule has 1 N–H and O–H groups in total. The molecule has 1 aromatic rings. The summed E-state index contributed by atoms with van der Waals surface area (Å²) in [6, 6.07) is 9.64. The van der Waals surface area contributed by atoms with Crippen molar-refractivity contribution >= 4 is 5.69 Å². The molecule has 1 aromatic carbocycles. The SMILES string of the molecule is CCCC(C)N1CC2(CCCCC2)NCc2ccccc21. The fourth-order valence-corrected chi connectivity index (χ4v) is 4.22. The van der Waals surface area contributed by atoms with Crippen LogP contribution < -0.4 is 10.2 Å². The van der Waals surface area contributed by atoms with Crippen LogP contribution in [-0.2, 0) is 6.54 Å². The molecule has 3 rings (SSSR count). The fourth-order valence-electron chi connectivity index (χ4n) is 4.22. The summed E-state index contributed by atoms with van der Waals surface area (Å²) in [5, 5.41) is 3.94. The van der Waals surface area contributed by atoms with Gasteiger partial charge in [0.2, 0.25) is 0 Å². The van der Waals surface area contributed by atoms with Crippen LogP contribution in [0.25, 0.3) is 0 Å². The quantitative estimate of drug-likeness (QED) is 0.881. The zero-order chi connectivity index (χ0) is 14.7. The number of para-hydroxylation sites is 1. The first kappa shape index (κ1) is 14.9. The molecule has 0 aromatic heterocycles. The number of hydrogen-bond acceptors (Lipinski definition) is 2. The molecule has 1 saturated carbocycles. The van der Waals surface area contributed by atoms with E-state index in [2.05, 4.69) is 48.3 Å². The van der Waals surface area contributed by atoms with Crippen molar-refractivity contribution < 1.29 is 0 Å². The number of nitrogens with one attached hydrogen (secondary N) is 1. The molecule has 21 heavy (non-hydrogen) atoms. The third kappa shape index (κ3) is 3.11. The van der Waals surface area contributed by atoms with Crippen molar-refractivity contribution in [1.82, 2.24) is 5.32 Å². The van der Waals surface area contributed by atoms with Gasteiger partial charge in [0.1, 0.15) is 0 Å². The van der Waals surface area contributed by atoms with Crippen molar-refractivity contribution in [3.05, 3.63) is 29.8 Å². The Hall–Kier alpha value is -1.02. The Balaban J connectivity index is 1.91. The lowest BCUT2D eigenvalue weighted by Crippen LogP contribution is -2.54. The van der Waals surface area contributed by atoms with Gasteiger partial charge in [-0.2, -0.15) is 0 Å². The molecule has 0 saturated heterocycles. The maximum Gasteiger partial charge on any atom is 0.0414 e. The van der Waals surface area contributed by atoms with Crippen LogP contribution in [0.3, 0.4) is 0 Å². The van der Waals surface area contributed by atoms with E-state index in [0.717, 1.165) is 6.54 Å². The van der Waals surface area contributed by atoms with Gasteiger partial charge in [-0.25, -0.2) is 0 Å². The molecule has 1 atom stereocenters. The lowest BCUT2D eigenvalue weighted by Gasteiger charge is -2.42. The van der Waals surface area contributed by atoms with Gasteiger partial charge in [-0.05, 0) is 37.8 Å². The van der Waals surface area contributed by atoms with Crippen LogP contribution in [0.1, 0.15) is 64.4 Å². The Kier molecular flexibility index (Phi) is 4.54. The Labute approximate surface area is 129 Å². The minimum absolute atomic E-state index is 0.346. The highest BCUT2D eigenvalue weighted by atomic mass is 15.2. The van der Waals surface area contributed by atoms with Gasteiger partial charge in [0.05, 0.1) is 0 Å². The molecule has 1 fully saturated rings. The Bertz CT molecular complexity index is 462. The maximum atomic E-state index is 3.94. The summed E-state index contributed by atoms with van der Waals surface area (Å²) in [6.07, 6.45) is 9.43. The van der Waals surface area contributed by atoms with E-state index in [1.165, 1.54) is 62.7 Å². The van der Waals surface area contributed by atoms with Gasteiger partial charge in [-0.1, -0.05) is 50.8 Å². The summed E-state index contributed by atoms with van der Waals surface area (Å²) in [4.78, 5) is 2.70. The van der Waals surface area contributed by atoms with Crippen LogP contribution in [0, 0.1) is 0 Å². The highest BCUT2D eigenvalue weighted by molar-refractivity contribution is 5.56. The molecular formula is C19H30N2. The smallest absolute Gasteiger partial charge is 0.0414 e. The van der Waals surface area contributed by atoms with Crippen LogP contribution in [0.2, 0.25) is 0 Å². The molecule has 2 heteroatoms. The third-order valence-corrected chi connectivity index (χ3v) is 5.48. The predicted octanol–water partition coefficient (Wildman–Crippen LogP) is 4.49. The van der Waals surface area contributed by atoms with Gasteiger partial charge in [0, 0.05) is 30.4 Å². The van der Waals surface area contributed by atoms with E-state index in [9.17, 15) is 0 Å². The number of anilines is 1. The van der Waals surface area contributed by atoms with Crippen molar-refractivity contribution in [2.75, 3.05) is 11.4 Å². The molecule has 116 valence electrons. The molecule has 0 bridgehead atoms. The van der Waals surface area contributed by atoms with Crippen molar-refractivity contribution in [1.29, 1.82) is 0 Å². The maximum absolute atomic E-state index is 3.94. The molecule has 1 unspecified atom stereocenters. The monoisotopic (exact) mass is 286 g/mol. The van der Waals surface area contributed by atoms with E-state index in [1.807, 2.05) is 0 Å². The summed E-state index contributed by atoms with van der Waals surface area (Å²) in [5.41, 5.74) is 3.29. The zero-order valence-corrected chi connectivity index (χ0v) is 13.7. The normalized spacial score (nSPS) is 22.7. The zero-order valence-electron chi connectivity index (χ0n) is 13.7. The van der Waals surface area contributed by atoms with E-state index in [-0.39, 0.29) is 0 Å². The van der Waals surface area contributed by atoms with Gasteiger partial charge >= 0.3 is 0 Å². The van der Waals surface area contributed by atoms with Gasteiger partial charge in [-0.3, -0.25) is 0 Å². The van der Waals surface area contributed by atoms with E-state index in [0.29, 0.717) is 11.6 Å². The molecule has 1 heterocycles. The molecule has 1 aliphatic carbocycles. The van der Waals surface area contributed by atoms with Gasteiger partial charge < -0.3 is 10.2 Å². The molecule has 0 amide bonds. The van der Waals surface area contributed by atoms with E-state index >= 15 is 0 Å². The van der Waals surface area contributed by atoms with Crippen molar-refractivity contribution in [3.8, 4) is 0 Å². The minimum atomic E-state index is 0.346. The van der Waals surface area contributed by atoms with Crippen molar-refractivity contribution in [2.24, 2.45) is 0 Å². The summed E-state index contributed by atoms with van der Waals surface area (Å²) in [6.45, 7) is 6.92. The van der Waals surface area contributed by atoms with Crippen molar-refractivity contribution in [2.45, 2.75) is 76.9 Å². The largest absolute Gasteiger partial charge is 0.367 e. The lowest BCUT2D eigenvalue weighted by atomic mass is 9.81. The molecule has 1 spiro atoms. The number of hydrogen-bond donors (Lipinski definition) is 1. The van der Waals surface area contributed by atoms with Crippen LogP contribution in [0.15, 0.2) is 24.3 Å². The molecular weight excluding hydrogens is 256 g/mol. The van der Waals surface area contributed by atoms with Crippen molar-refractivity contribution in [3.63, 3.8) is 0 Å². The van der Waals surface area contributed by atoms with E-state index in [1.54, 1.807) is 0 Å². The highest BCUT2D eigenvalue weighted by Crippen LogP contribution is 2.36. The second kappa shape index (κ2) is 6.39. The van der Waals surface area contributed by atoms with Gasteiger partial charge in [0.15, 0.2) is 0 Å². The third-order valence-electron chi connectivity index (χ3n) is 5.48. The standard InChI is InChI=1S/C19H30N2/c1-3-9-16(2)21-15-19(12-7-4-8-13-19)20-14-17-10-5-6-11-18(17)21/h5-6,10-11,16,20H,3-4,7-9,12-15H2,1-2H3. The summed E-state index contributed by atoms with van der Waals surface area (Å²) in [7, 11) is 0. The minimum Gasteiger partial charge on any atom is -0.367 e. The Morgan fingerprint density at radius 2 is 1.95 bits per heavy atom. The Morgan fingerprint density at radius 3 is 2.71 bits per heavy atom. The Morgan fingerprint density at radius 1 is 1.19 bits per heavy atom. The number of benzene rings is 1. The van der Waals surface area contributed by atoms with Gasteiger partial charge in [0.25, 0.3) is 0 Å². The highest BCUT2D eigenvalue weighted by Gasteiger charge is 2.37. The van der Waals surface area contributed by atoms with Crippen LogP contribution in [0.5, 0.6) is 0 Å². The average molecular weight is 286 g/mol. The molecule has 2 nitrogen and oxygen atoms in total. The van der Waals surface area contributed by atoms with Gasteiger partial charge in [-0.15, -0.1) is 0 Å². The van der Waals surface area contributed by atoms with Crippen LogP contribution in [-0.4, -0.2) is 18.1 Å². The van der Waals surface area contributed by atoms with Crippen LogP contribution >= 0.6 is 0 Å². The second-order valence-corrected chi connectivity index (χ2v) is 7.09. The number of nitrogens with zero attached hydrogens (tertiary/aromatic N) is 1. The topological polar surface area (TPSA) is 15.3 Å². The lowest BCUT2D eigenvalue weighted by molar-refractivity contribution is 0.232. The van der Waals surface area contributed by atoms with E-state index in [4.69, 9.17) is 0 Å². The molecule has 0 radical (unpaired) electrons. The summed E-state index contributed by atoms with van der Waals surface area (Å²) >= 11 is 0. The second-order valence-electron chi connectivity index (χ2n) is 7.09. The first-order valence-corrected chi connectivity index (χ1v) is 8.84. The number of rotatable bonds is 3. The van der Waals surface area contributed by atoms with E-state index < -0.39 is 0 Å². The first-order valence-electron chi connectivity index (χ1n) is 8.84. The number of fused-ring (bicyclic) bond motifs is 1. The average Bonchev–Trinajstić information content (AvgIpc) is 2.67. The summed E-state index contributed by atoms with van der Waals surface area (Å²) < 4.78 is 0. The molecule has 2 aliphatic rings. The molecule has 1 aliphatic heterocycles. The predicted molar refractivity (Wildman–Crippen MR) is 90.8 cm³/mol. The first-order chi connectivity index (χ1) is 10.2. The summed E-state index contributed by atoms with van der Waals surface area (Å²) in [5.74, 6) is 0. The fraction of sp³-hybridized carbons (Fsp3) is 0.684.